The molecule has 0 aliphatic carbocycles. The highest BCUT2D eigenvalue weighted by Crippen LogP contribution is 2.23. The minimum atomic E-state index is -0.484. The van der Waals surface area contributed by atoms with Gasteiger partial charge in [-0.25, -0.2) is 0 Å². The Labute approximate surface area is 144 Å². The molecule has 1 aromatic heterocycles. The first kappa shape index (κ1) is 16.6. The second kappa shape index (κ2) is 6.32. The number of nitrogens with zero attached hydrogens (tertiary/aromatic N) is 1. The third kappa shape index (κ3) is 3.19. The van der Waals surface area contributed by atoms with Crippen LogP contribution < -0.4 is 11.1 Å². The average Bonchev–Trinajstić information content (AvgIpc) is 2.91. The first-order valence-corrected chi connectivity index (χ1v) is 7.86. The summed E-state index contributed by atoms with van der Waals surface area (Å²) in [6.45, 7) is 1.87. The number of hydrogen-bond donors (Lipinski definition) is 3. The maximum Gasteiger partial charge on any atom is 0.268 e. The summed E-state index contributed by atoms with van der Waals surface area (Å²) in [7, 11) is 1.78. The van der Waals surface area contributed by atoms with Crippen molar-refractivity contribution in [1.29, 1.82) is 0 Å². The molecule has 0 spiro atoms. The summed E-state index contributed by atoms with van der Waals surface area (Å²) >= 11 is 0. The molecule has 0 bridgehead atoms. The van der Waals surface area contributed by atoms with Crippen molar-refractivity contribution in [2.24, 2.45) is 12.8 Å². The van der Waals surface area contributed by atoms with Gasteiger partial charge < -0.3 is 20.7 Å². The molecule has 0 saturated carbocycles. The van der Waals surface area contributed by atoms with Crippen LogP contribution in [0.2, 0.25) is 0 Å². The van der Waals surface area contributed by atoms with Crippen LogP contribution in [0.1, 0.15) is 39.4 Å². The summed E-state index contributed by atoms with van der Waals surface area (Å²) in [5, 5.41) is 13.4. The smallest absolute Gasteiger partial charge is 0.268 e. The second-order valence-electron chi connectivity index (χ2n) is 6.01. The van der Waals surface area contributed by atoms with Crippen LogP contribution in [-0.2, 0) is 7.05 Å². The number of rotatable bonds is 4. The third-order valence-corrected chi connectivity index (χ3v) is 4.30. The van der Waals surface area contributed by atoms with E-state index in [9.17, 15) is 14.7 Å². The molecule has 1 unspecified atom stereocenters. The van der Waals surface area contributed by atoms with Gasteiger partial charge in [0, 0.05) is 24.1 Å². The van der Waals surface area contributed by atoms with Crippen molar-refractivity contribution in [3.8, 4) is 5.75 Å². The number of benzene rings is 2. The van der Waals surface area contributed by atoms with E-state index in [0.29, 0.717) is 11.3 Å². The van der Waals surface area contributed by atoms with E-state index in [1.54, 1.807) is 60.1 Å². The van der Waals surface area contributed by atoms with E-state index < -0.39 is 5.91 Å². The van der Waals surface area contributed by atoms with Crippen LogP contribution in [-0.4, -0.2) is 21.5 Å². The lowest BCUT2D eigenvalue weighted by Gasteiger charge is -2.15. The molecule has 4 N–H and O–H groups in total. The number of nitrogens with two attached hydrogens (primary N) is 1. The third-order valence-electron chi connectivity index (χ3n) is 4.30. The van der Waals surface area contributed by atoms with Gasteiger partial charge in [0.15, 0.2) is 0 Å². The lowest BCUT2D eigenvalue weighted by molar-refractivity contribution is 0.0930. The molecular weight excluding hydrogens is 318 g/mol. The molecule has 0 aliphatic rings. The number of nitrogens with one attached hydrogen (secondary N) is 1. The molecule has 0 aliphatic heterocycles. The van der Waals surface area contributed by atoms with Crippen molar-refractivity contribution >= 4 is 22.7 Å². The summed E-state index contributed by atoms with van der Waals surface area (Å²) < 4.78 is 1.74. The summed E-state index contributed by atoms with van der Waals surface area (Å²) in [6.07, 6.45) is 0. The fourth-order valence-electron chi connectivity index (χ4n) is 2.83. The number of fused-ring (bicyclic) bond motifs is 1. The number of aromatic nitrogens is 1. The fourth-order valence-corrected chi connectivity index (χ4v) is 2.83. The standard InChI is InChI=1S/C19H19N3O3/c1-11(12-3-5-13(6-4-12)18(20)24)21-19(25)17-9-14-7-8-15(23)10-16(14)22(17)2/h3-11,23H,1-2H3,(H2,20,24)(H,21,25). The van der Waals surface area contributed by atoms with Crippen molar-refractivity contribution in [1.82, 2.24) is 9.88 Å². The molecule has 6 heteroatoms. The number of aryl methyl sites for hydroxylation is 1. The van der Waals surface area contributed by atoms with Crippen LogP contribution in [0.5, 0.6) is 5.75 Å². The number of carbonyl (C=O) groups is 2. The Bertz CT molecular complexity index is 958. The maximum absolute atomic E-state index is 12.6. The number of primary amides is 1. The molecular formula is C19H19N3O3. The van der Waals surface area contributed by atoms with Gasteiger partial charge >= 0.3 is 0 Å². The number of phenols is 1. The van der Waals surface area contributed by atoms with Gasteiger partial charge in [0.1, 0.15) is 11.4 Å². The fraction of sp³-hybridized carbons (Fsp3) is 0.158. The zero-order chi connectivity index (χ0) is 18.1. The number of aromatic hydroxyl groups is 1. The van der Waals surface area contributed by atoms with E-state index in [2.05, 4.69) is 5.32 Å². The Kier molecular flexibility index (Phi) is 4.19. The van der Waals surface area contributed by atoms with Crippen LogP contribution in [0.15, 0.2) is 48.5 Å². The normalized spacial score (nSPS) is 12.1. The Balaban J connectivity index is 1.82. The van der Waals surface area contributed by atoms with Crippen molar-refractivity contribution in [3.63, 3.8) is 0 Å². The van der Waals surface area contributed by atoms with Crippen molar-refractivity contribution in [2.75, 3.05) is 0 Å². The van der Waals surface area contributed by atoms with Gasteiger partial charge in [0.25, 0.3) is 5.91 Å². The van der Waals surface area contributed by atoms with Gasteiger partial charge in [-0.3, -0.25) is 9.59 Å². The van der Waals surface area contributed by atoms with Crippen molar-refractivity contribution < 1.29 is 14.7 Å². The molecule has 3 rings (SSSR count). The van der Waals surface area contributed by atoms with Gasteiger partial charge in [-0.1, -0.05) is 12.1 Å². The summed E-state index contributed by atoms with van der Waals surface area (Å²) in [4.78, 5) is 23.7. The second-order valence-corrected chi connectivity index (χ2v) is 6.01. The Morgan fingerprint density at radius 1 is 1.12 bits per heavy atom. The van der Waals surface area contributed by atoms with Crippen molar-refractivity contribution in [2.45, 2.75) is 13.0 Å². The molecule has 2 aromatic carbocycles. The van der Waals surface area contributed by atoms with Crippen molar-refractivity contribution in [3.05, 3.63) is 65.4 Å². The zero-order valence-electron chi connectivity index (χ0n) is 14.0. The van der Waals surface area contributed by atoms with Gasteiger partial charge in [-0.2, -0.15) is 0 Å². The first-order valence-electron chi connectivity index (χ1n) is 7.86. The van der Waals surface area contributed by atoms with Crippen LogP contribution in [0.25, 0.3) is 10.9 Å². The average molecular weight is 337 g/mol. The van der Waals surface area contributed by atoms with E-state index in [-0.39, 0.29) is 17.7 Å². The van der Waals surface area contributed by atoms with Crippen LogP contribution in [0, 0.1) is 0 Å². The molecule has 0 radical (unpaired) electrons. The first-order chi connectivity index (χ1) is 11.9. The van der Waals surface area contributed by atoms with E-state index in [1.807, 2.05) is 6.92 Å². The number of amides is 2. The number of carbonyl (C=O) groups excluding carboxylic acids is 2. The molecule has 0 fully saturated rings. The molecule has 128 valence electrons. The minimum Gasteiger partial charge on any atom is -0.508 e. The number of phenolic OH excluding ortho intramolecular Hbond substituents is 1. The Morgan fingerprint density at radius 3 is 2.44 bits per heavy atom. The molecule has 3 aromatic rings. The number of hydrogen-bond acceptors (Lipinski definition) is 3. The molecule has 1 heterocycles. The Morgan fingerprint density at radius 2 is 1.80 bits per heavy atom. The monoisotopic (exact) mass is 337 g/mol. The summed E-state index contributed by atoms with van der Waals surface area (Å²) in [5.41, 5.74) is 7.81. The maximum atomic E-state index is 12.6. The van der Waals surface area contributed by atoms with Gasteiger partial charge in [0.05, 0.1) is 11.6 Å². The molecule has 2 amide bonds. The van der Waals surface area contributed by atoms with Crippen LogP contribution >= 0.6 is 0 Å². The zero-order valence-corrected chi connectivity index (χ0v) is 14.0. The van der Waals surface area contributed by atoms with E-state index >= 15 is 0 Å². The van der Waals surface area contributed by atoms with Crippen LogP contribution in [0.4, 0.5) is 0 Å². The van der Waals surface area contributed by atoms with Gasteiger partial charge in [-0.15, -0.1) is 0 Å². The van der Waals surface area contributed by atoms with E-state index in [0.717, 1.165) is 16.5 Å². The highest BCUT2D eigenvalue weighted by atomic mass is 16.3. The lowest BCUT2D eigenvalue weighted by atomic mass is 10.1. The van der Waals surface area contributed by atoms with E-state index in [1.165, 1.54) is 0 Å². The van der Waals surface area contributed by atoms with E-state index in [4.69, 9.17) is 5.73 Å². The molecule has 25 heavy (non-hydrogen) atoms. The summed E-state index contributed by atoms with van der Waals surface area (Å²) in [6, 6.07) is 13.3. The lowest BCUT2D eigenvalue weighted by Crippen LogP contribution is -2.28. The molecule has 1 atom stereocenters. The van der Waals surface area contributed by atoms with Gasteiger partial charge in [-0.05, 0) is 42.8 Å². The molecule has 0 saturated heterocycles. The minimum absolute atomic E-state index is 0.156. The van der Waals surface area contributed by atoms with Crippen LogP contribution in [0.3, 0.4) is 0 Å². The highest BCUT2D eigenvalue weighted by molar-refractivity contribution is 5.99. The summed E-state index contributed by atoms with van der Waals surface area (Å²) in [5.74, 6) is -0.546. The molecule has 6 nitrogen and oxygen atoms in total. The predicted molar refractivity (Wildman–Crippen MR) is 95.4 cm³/mol. The van der Waals surface area contributed by atoms with Gasteiger partial charge in [0.2, 0.25) is 5.91 Å². The largest absolute Gasteiger partial charge is 0.508 e. The topological polar surface area (TPSA) is 97.3 Å². The highest BCUT2D eigenvalue weighted by Gasteiger charge is 2.16. The SMILES string of the molecule is CC(NC(=O)c1cc2ccc(O)cc2n1C)c1ccc(C(N)=O)cc1. The predicted octanol–water partition coefficient (Wildman–Crippen LogP) is 2.47. The quantitative estimate of drug-likeness (QED) is 0.682. The Hall–Kier alpha value is -3.28.